The maximum Gasteiger partial charge on any atom is 0.267 e. The van der Waals surface area contributed by atoms with Crippen molar-refractivity contribution in [3.63, 3.8) is 0 Å². The van der Waals surface area contributed by atoms with E-state index in [-0.39, 0.29) is 14.9 Å². The molecule has 0 spiro atoms. The summed E-state index contributed by atoms with van der Waals surface area (Å²) in [5, 5.41) is 2.00. The van der Waals surface area contributed by atoms with E-state index in [0.29, 0.717) is 0 Å². The quantitative estimate of drug-likeness (QED) is 0.391. The Morgan fingerprint density at radius 1 is 0.588 bits per heavy atom. The molecule has 0 radical (unpaired) electrons. The Morgan fingerprint density at radius 2 is 0.971 bits per heavy atom. The van der Waals surface area contributed by atoms with Crippen LogP contribution in [0.15, 0.2) is 56.0 Å². The van der Waals surface area contributed by atoms with Crippen molar-refractivity contribution in [3.05, 3.63) is 62.0 Å². The zero-order valence-corrected chi connectivity index (χ0v) is 22.4. The molecule has 3 aromatic rings. The highest BCUT2D eigenvalue weighted by atomic mass is 32.2. The Bertz CT molecular complexity index is 1300. The molecule has 0 aromatic heterocycles. The van der Waals surface area contributed by atoms with Crippen molar-refractivity contribution in [2.45, 2.75) is 19.6 Å². The van der Waals surface area contributed by atoms with Gasteiger partial charge in [0, 0.05) is 24.3 Å². The summed E-state index contributed by atoms with van der Waals surface area (Å²) in [7, 11) is 11.0. The minimum absolute atomic E-state index is 0. The number of benzene rings is 3. The third-order valence-electron chi connectivity index (χ3n) is 5.83. The largest absolute Gasteiger partial charge is 0.497 e. The second-order valence-corrected chi connectivity index (χ2v) is 9.52. The monoisotopic (exact) mass is 498 g/mol. The van der Waals surface area contributed by atoms with Crippen LogP contribution >= 0.6 is 23.5 Å². The highest BCUT2D eigenvalue weighted by molar-refractivity contribution is 8.00. The molecule has 0 saturated carbocycles. The Labute approximate surface area is 209 Å². The van der Waals surface area contributed by atoms with Gasteiger partial charge in [-0.05, 0) is 12.1 Å². The highest BCUT2D eigenvalue weighted by Crippen LogP contribution is 2.46. The maximum atomic E-state index is 6.05. The molecule has 8 heteroatoms. The molecule has 2 heterocycles. The third-order valence-corrected chi connectivity index (χ3v) is 8.09. The number of nitrogens with zero attached hydrogens (tertiary/aromatic N) is 2. The fourth-order valence-electron chi connectivity index (χ4n) is 4.24. The lowest BCUT2D eigenvalue weighted by atomic mass is 10.2. The summed E-state index contributed by atoms with van der Waals surface area (Å²) in [5.41, 5.74) is 2.19. The smallest absolute Gasteiger partial charge is 0.267 e. The minimum Gasteiger partial charge on any atom is -0.497 e. The summed E-state index contributed by atoms with van der Waals surface area (Å²) in [4.78, 5) is 4.26. The van der Waals surface area contributed by atoms with Crippen molar-refractivity contribution < 1.29 is 18.9 Å². The molecule has 0 unspecified atom stereocenters. The van der Waals surface area contributed by atoms with Crippen LogP contribution in [0.2, 0.25) is 0 Å². The summed E-state index contributed by atoms with van der Waals surface area (Å²) >= 11 is 3.35. The van der Waals surface area contributed by atoms with Crippen LogP contribution in [0.3, 0.4) is 0 Å². The van der Waals surface area contributed by atoms with Gasteiger partial charge in [0.2, 0.25) is 22.9 Å². The zero-order valence-electron chi connectivity index (χ0n) is 20.8. The molecule has 0 atom stereocenters. The third kappa shape index (κ3) is 3.69. The van der Waals surface area contributed by atoms with Gasteiger partial charge in [-0.1, -0.05) is 23.5 Å². The van der Waals surface area contributed by atoms with Gasteiger partial charge in [-0.3, -0.25) is 0 Å². The molecular formula is C26H30N2O4S2. The molecule has 0 aliphatic carbocycles. The van der Waals surface area contributed by atoms with Gasteiger partial charge in [-0.25, -0.2) is 0 Å². The van der Waals surface area contributed by atoms with Crippen molar-refractivity contribution in [1.29, 1.82) is 0 Å². The van der Waals surface area contributed by atoms with E-state index in [0.717, 1.165) is 64.7 Å². The molecule has 0 N–H and O–H groups in total. The van der Waals surface area contributed by atoms with Crippen LogP contribution in [0, 0.1) is 14.9 Å². The molecule has 0 saturated heterocycles. The fraction of sp³-hybridized carbons (Fsp3) is 0.231. The molecule has 180 valence electrons. The van der Waals surface area contributed by atoms with Crippen LogP contribution in [0.25, 0.3) is 0 Å². The summed E-state index contributed by atoms with van der Waals surface area (Å²) in [6.45, 7) is 0. The predicted octanol–water partition coefficient (Wildman–Crippen LogP) is 4.46. The Hall–Kier alpha value is -2.84. The van der Waals surface area contributed by atoms with E-state index in [1.807, 2.05) is 12.1 Å². The van der Waals surface area contributed by atoms with Crippen molar-refractivity contribution in [3.8, 4) is 23.0 Å². The van der Waals surface area contributed by atoms with Gasteiger partial charge < -0.3 is 33.8 Å². The van der Waals surface area contributed by atoms with Gasteiger partial charge in [-0.15, -0.1) is 0 Å². The fourth-order valence-corrected chi connectivity index (χ4v) is 6.84. The zero-order chi connectivity index (χ0) is 22.6. The van der Waals surface area contributed by atoms with Gasteiger partial charge >= 0.3 is 0 Å². The SMILES string of the molecule is COc1ccc2c(c1)Sc1c(OC)c3c(c(OC)c1=[N+]2C)Sc1cc(OC)ccc1[N+]=3C.[CH3-].[CH3-]. The van der Waals surface area contributed by atoms with Crippen molar-refractivity contribution in [2.24, 2.45) is 0 Å². The second kappa shape index (κ2) is 9.80. The number of methoxy groups -OCH3 is 4. The molecule has 34 heavy (non-hydrogen) atoms. The Morgan fingerprint density at radius 3 is 1.29 bits per heavy atom. The number of hydrogen-bond acceptors (Lipinski definition) is 6. The average molecular weight is 499 g/mol. The van der Waals surface area contributed by atoms with E-state index in [9.17, 15) is 0 Å². The van der Waals surface area contributed by atoms with Crippen LogP contribution in [-0.4, -0.2) is 42.5 Å². The van der Waals surface area contributed by atoms with Gasteiger partial charge in [0.25, 0.3) is 10.7 Å². The van der Waals surface area contributed by atoms with Crippen molar-refractivity contribution in [1.82, 2.24) is 9.15 Å². The molecule has 5 rings (SSSR count). The first kappa shape index (κ1) is 25.8. The van der Waals surface area contributed by atoms with E-state index in [1.165, 1.54) is 0 Å². The first-order valence-corrected chi connectivity index (χ1v) is 11.7. The van der Waals surface area contributed by atoms with Crippen molar-refractivity contribution in [2.75, 3.05) is 42.5 Å². The van der Waals surface area contributed by atoms with E-state index in [2.05, 4.69) is 47.5 Å². The Kier molecular flexibility index (Phi) is 7.43. The standard InChI is InChI=1S/C24H24N2O4S2.2CH3/c1-25-15-9-7-13(27-3)11-17(15)31-23-19(25)21(29-5)24-20(22(23)30-6)26(2)16-10-8-14(28-4)12-18(16)32-24;;/h7-12H,1-6H3;2*1H3/q+2;2*-1. The highest BCUT2D eigenvalue weighted by Gasteiger charge is 2.38. The topological polar surface area (TPSA) is 42.9 Å². The van der Waals surface area contributed by atoms with Crippen LogP contribution in [0.4, 0.5) is 11.4 Å². The van der Waals surface area contributed by atoms with E-state index in [1.54, 1.807) is 52.0 Å². The normalized spacial score (nSPS) is 12.8. The van der Waals surface area contributed by atoms with Crippen LogP contribution < -0.4 is 38.8 Å². The molecule has 3 aromatic carbocycles. The lowest BCUT2D eigenvalue weighted by Crippen LogP contribution is -2.36. The van der Waals surface area contributed by atoms with Gasteiger partial charge in [0.15, 0.2) is 0 Å². The van der Waals surface area contributed by atoms with Gasteiger partial charge in [0.1, 0.15) is 35.4 Å². The maximum absolute atomic E-state index is 6.05. The molecule has 0 bridgehead atoms. The average Bonchev–Trinajstić information content (AvgIpc) is 2.82. The number of fused-ring (bicyclic) bond motifs is 4. The number of ether oxygens (including phenoxy) is 4. The summed E-state index contributed by atoms with van der Waals surface area (Å²) in [6, 6.07) is 12.2. The first-order valence-electron chi connectivity index (χ1n) is 10.0. The van der Waals surface area contributed by atoms with Gasteiger partial charge in [-0.2, -0.15) is 9.15 Å². The molecule has 2 aliphatic rings. The molecule has 6 nitrogen and oxygen atoms in total. The van der Waals surface area contributed by atoms with E-state index >= 15 is 0 Å². The molecule has 0 amide bonds. The predicted molar refractivity (Wildman–Crippen MR) is 139 cm³/mol. The minimum atomic E-state index is 0. The van der Waals surface area contributed by atoms with Crippen LogP contribution in [-0.2, 0) is 0 Å². The second-order valence-electron chi connectivity index (χ2n) is 7.41. The first-order chi connectivity index (χ1) is 15.5. The van der Waals surface area contributed by atoms with Crippen molar-refractivity contribution >= 4 is 34.9 Å². The number of rotatable bonds is 4. The lowest BCUT2D eigenvalue weighted by molar-refractivity contribution is 0.367. The van der Waals surface area contributed by atoms with E-state index < -0.39 is 0 Å². The van der Waals surface area contributed by atoms with Gasteiger partial charge in [0.05, 0.1) is 38.2 Å². The van der Waals surface area contributed by atoms with Crippen LogP contribution in [0.1, 0.15) is 0 Å². The van der Waals surface area contributed by atoms with Crippen LogP contribution in [0.5, 0.6) is 23.0 Å². The summed E-state index contributed by atoms with van der Waals surface area (Å²) in [6.07, 6.45) is 0. The lowest BCUT2D eigenvalue weighted by Gasteiger charge is -2.20. The molecular weight excluding hydrogens is 468 g/mol. The van der Waals surface area contributed by atoms with E-state index in [4.69, 9.17) is 18.9 Å². The number of hydrogen-bond donors (Lipinski definition) is 0. The summed E-state index contributed by atoms with van der Waals surface area (Å²) in [5.74, 6) is 3.32. The summed E-state index contributed by atoms with van der Waals surface area (Å²) < 4.78 is 27.4. The molecule has 2 aliphatic heterocycles. The molecule has 0 fully saturated rings. The Balaban J connectivity index is 0.00000162.